The van der Waals surface area contributed by atoms with Gasteiger partial charge in [-0.05, 0) is 61.4 Å². The first kappa shape index (κ1) is 15.5. The van der Waals surface area contributed by atoms with Crippen molar-refractivity contribution in [3.63, 3.8) is 0 Å². The third-order valence-corrected chi connectivity index (χ3v) is 4.51. The topological polar surface area (TPSA) is 29.3 Å². The van der Waals surface area contributed by atoms with Crippen molar-refractivity contribution >= 4 is 0 Å². The lowest BCUT2D eigenvalue weighted by atomic mass is 9.86. The van der Waals surface area contributed by atoms with Gasteiger partial charge >= 0.3 is 0 Å². The lowest BCUT2D eigenvalue weighted by molar-refractivity contribution is 0.173. The Morgan fingerprint density at radius 2 is 1.70 bits per heavy atom. The van der Waals surface area contributed by atoms with Gasteiger partial charge in [0.25, 0.3) is 0 Å². The van der Waals surface area contributed by atoms with Gasteiger partial charge in [-0.2, -0.15) is 0 Å². The summed E-state index contributed by atoms with van der Waals surface area (Å²) in [5.74, 6) is 0.861. The molecule has 0 radical (unpaired) electrons. The molecule has 1 fully saturated rings. The molecule has 1 saturated heterocycles. The van der Waals surface area contributed by atoms with Crippen LogP contribution >= 0.6 is 0 Å². The first-order valence-electron chi connectivity index (χ1n) is 8.01. The molecule has 0 saturated carbocycles. The summed E-state index contributed by atoms with van der Waals surface area (Å²) in [5, 5.41) is 0. The zero-order valence-corrected chi connectivity index (χ0v) is 13.4. The average molecular weight is 274 g/mol. The van der Waals surface area contributed by atoms with E-state index in [1.54, 1.807) is 0 Å². The number of benzene rings is 1. The molecule has 1 aromatic rings. The summed E-state index contributed by atoms with van der Waals surface area (Å²) in [6.45, 7) is 11.2. The van der Waals surface area contributed by atoms with Gasteiger partial charge in [0.2, 0.25) is 0 Å². The molecule has 2 nitrogen and oxygen atoms in total. The molecular formula is C18H30N2. The SMILES string of the molecule is CC(C)(C)c1ccc(CN2CCC(CCN)CC2)cc1. The second-order valence-corrected chi connectivity index (χ2v) is 7.24. The molecule has 0 bridgehead atoms. The van der Waals surface area contributed by atoms with Gasteiger partial charge in [-0.1, -0.05) is 45.0 Å². The Kier molecular flexibility index (Phi) is 5.22. The standard InChI is InChI=1S/C18H30N2/c1-18(2,3)17-6-4-16(5-7-17)14-20-12-9-15(8-11-19)10-13-20/h4-7,15H,8-14,19H2,1-3H3. The first-order chi connectivity index (χ1) is 9.49. The van der Waals surface area contributed by atoms with Crippen LogP contribution in [0.25, 0.3) is 0 Å². The highest BCUT2D eigenvalue weighted by atomic mass is 15.1. The molecule has 0 unspecified atom stereocenters. The van der Waals surface area contributed by atoms with Gasteiger partial charge in [-0.15, -0.1) is 0 Å². The minimum Gasteiger partial charge on any atom is -0.330 e. The van der Waals surface area contributed by atoms with E-state index in [1.165, 1.54) is 43.5 Å². The molecule has 1 aliphatic rings. The van der Waals surface area contributed by atoms with Crippen molar-refractivity contribution < 1.29 is 0 Å². The Labute approximate surface area is 124 Å². The minimum absolute atomic E-state index is 0.249. The maximum Gasteiger partial charge on any atom is 0.0233 e. The Balaban J connectivity index is 1.85. The molecule has 112 valence electrons. The van der Waals surface area contributed by atoms with Crippen LogP contribution in [0.4, 0.5) is 0 Å². The van der Waals surface area contributed by atoms with Gasteiger partial charge in [-0.25, -0.2) is 0 Å². The van der Waals surface area contributed by atoms with Gasteiger partial charge in [-0.3, -0.25) is 4.90 Å². The summed E-state index contributed by atoms with van der Waals surface area (Å²) in [4.78, 5) is 2.58. The van der Waals surface area contributed by atoms with Crippen molar-refractivity contribution in [3.05, 3.63) is 35.4 Å². The third kappa shape index (κ3) is 4.32. The zero-order valence-electron chi connectivity index (χ0n) is 13.4. The maximum absolute atomic E-state index is 5.65. The van der Waals surface area contributed by atoms with E-state index in [0.29, 0.717) is 0 Å². The fraction of sp³-hybridized carbons (Fsp3) is 0.667. The number of nitrogens with two attached hydrogens (primary N) is 1. The summed E-state index contributed by atoms with van der Waals surface area (Å²) >= 11 is 0. The van der Waals surface area contributed by atoms with E-state index in [9.17, 15) is 0 Å². The van der Waals surface area contributed by atoms with Crippen LogP contribution in [-0.4, -0.2) is 24.5 Å². The van der Waals surface area contributed by atoms with Crippen LogP contribution in [0.3, 0.4) is 0 Å². The Hall–Kier alpha value is -0.860. The van der Waals surface area contributed by atoms with E-state index in [2.05, 4.69) is 49.9 Å². The fourth-order valence-corrected chi connectivity index (χ4v) is 3.04. The van der Waals surface area contributed by atoms with Gasteiger partial charge in [0, 0.05) is 6.54 Å². The number of hydrogen-bond acceptors (Lipinski definition) is 2. The number of likely N-dealkylation sites (tertiary alicyclic amines) is 1. The average Bonchev–Trinajstić information content (AvgIpc) is 2.41. The molecule has 1 heterocycles. The van der Waals surface area contributed by atoms with E-state index in [-0.39, 0.29) is 5.41 Å². The second-order valence-electron chi connectivity index (χ2n) is 7.24. The van der Waals surface area contributed by atoms with Crippen LogP contribution in [0.1, 0.15) is 51.2 Å². The highest BCUT2D eigenvalue weighted by Crippen LogP contribution is 2.24. The molecule has 0 aromatic heterocycles. The summed E-state index contributed by atoms with van der Waals surface area (Å²) in [6.07, 6.45) is 3.84. The maximum atomic E-state index is 5.65. The summed E-state index contributed by atoms with van der Waals surface area (Å²) in [5.41, 5.74) is 8.76. The molecule has 0 spiro atoms. The van der Waals surface area contributed by atoms with E-state index in [1.807, 2.05) is 0 Å². The quantitative estimate of drug-likeness (QED) is 0.910. The zero-order chi connectivity index (χ0) is 14.6. The van der Waals surface area contributed by atoms with Crippen molar-refractivity contribution in [1.82, 2.24) is 4.90 Å². The monoisotopic (exact) mass is 274 g/mol. The van der Waals surface area contributed by atoms with E-state index >= 15 is 0 Å². The van der Waals surface area contributed by atoms with Crippen LogP contribution < -0.4 is 5.73 Å². The molecule has 20 heavy (non-hydrogen) atoms. The predicted molar refractivity (Wildman–Crippen MR) is 86.8 cm³/mol. The lowest BCUT2D eigenvalue weighted by Crippen LogP contribution is -2.33. The molecule has 2 rings (SSSR count). The highest BCUT2D eigenvalue weighted by molar-refractivity contribution is 5.27. The normalized spacial score (nSPS) is 18.4. The van der Waals surface area contributed by atoms with Crippen LogP contribution in [0.2, 0.25) is 0 Å². The molecule has 2 heteroatoms. The van der Waals surface area contributed by atoms with Gasteiger partial charge in [0.15, 0.2) is 0 Å². The van der Waals surface area contributed by atoms with E-state index < -0.39 is 0 Å². The summed E-state index contributed by atoms with van der Waals surface area (Å²) in [6, 6.07) is 9.17. The molecule has 1 aromatic carbocycles. The minimum atomic E-state index is 0.249. The molecular weight excluding hydrogens is 244 g/mol. The number of nitrogens with zero attached hydrogens (tertiary/aromatic N) is 1. The molecule has 0 atom stereocenters. The third-order valence-electron chi connectivity index (χ3n) is 4.51. The first-order valence-corrected chi connectivity index (χ1v) is 8.01. The predicted octanol–water partition coefficient (Wildman–Crippen LogP) is 3.54. The highest BCUT2D eigenvalue weighted by Gasteiger charge is 2.19. The van der Waals surface area contributed by atoms with Crippen molar-refractivity contribution in [1.29, 1.82) is 0 Å². The summed E-state index contributed by atoms with van der Waals surface area (Å²) in [7, 11) is 0. The van der Waals surface area contributed by atoms with Crippen molar-refractivity contribution in [3.8, 4) is 0 Å². The molecule has 0 amide bonds. The smallest absolute Gasteiger partial charge is 0.0233 e. The van der Waals surface area contributed by atoms with Crippen molar-refractivity contribution in [2.24, 2.45) is 11.7 Å². The van der Waals surface area contributed by atoms with Crippen LogP contribution in [-0.2, 0) is 12.0 Å². The van der Waals surface area contributed by atoms with Gasteiger partial charge in [0.05, 0.1) is 0 Å². The van der Waals surface area contributed by atoms with E-state index in [4.69, 9.17) is 5.73 Å². The molecule has 2 N–H and O–H groups in total. The number of piperidine rings is 1. The van der Waals surface area contributed by atoms with Crippen LogP contribution in [0.5, 0.6) is 0 Å². The lowest BCUT2D eigenvalue weighted by Gasteiger charge is -2.32. The number of rotatable bonds is 4. The molecule has 0 aliphatic carbocycles. The Morgan fingerprint density at radius 1 is 1.10 bits per heavy atom. The fourth-order valence-electron chi connectivity index (χ4n) is 3.04. The van der Waals surface area contributed by atoms with Crippen molar-refractivity contribution in [2.45, 2.75) is 52.0 Å². The molecule has 1 aliphatic heterocycles. The Bertz CT molecular complexity index is 394. The van der Waals surface area contributed by atoms with Gasteiger partial charge in [0.1, 0.15) is 0 Å². The van der Waals surface area contributed by atoms with Crippen LogP contribution in [0, 0.1) is 5.92 Å². The van der Waals surface area contributed by atoms with Gasteiger partial charge < -0.3 is 5.73 Å². The number of hydrogen-bond donors (Lipinski definition) is 1. The largest absolute Gasteiger partial charge is 0.330 e. The summed E-state index contributed by atoms with van der Waals surface area (Å²) < 4.78 is 0. The van der Waals surface area contributed by atoms with E-state index in [0.717, 1.165) is 19.0 Å². The Morgan fingerprint density at radius 3 is 2.20 bits per heavy atom. The van der Waals surface area contributed by atoms with Crippen molar-refractivity contribution in [2.75, 3.05) is 19.6 Å². The second kappa shape index (κ2) is 6.73. The van der Waals surface area contributed by atoms with Crippen LogP contribution in [0.15, 0.2) is 24.3 Å².